The Balaban J connectivity index is 1.99. The van der Waals surface area contributed by atoms with Crippen molar-refractivity contribution >= 4 is 23.6 Å². The van der Waals surface area contributed by atoms with Gasteiger partial charge < -0.3 is 5.32 Å². The zero-order chi connectivity index (χ0) is 17.5. The topological polar surface area (TPSA) is 46.9 Å². The molecule has 0 saturated heterocycles. The number of nitrogens with zero attached hydrogens (tertiary/aromatic N) is 2. The number of carbonyl (C=O) groups excluding carboxylic acids is 1. The van der Waals surface area contributed by atoms with Crippen LogP contribution < -0.4 is 5.32 Å². The average Bonchev–Trinajstić information content (AvgIpc) is 2.84. The van der Waals surface area contributed by atoms with Crippen molar-refractivity contribution in [1.29, 1.82) is 0 Å². The summed E-state index contributed by atoms with van der Waals surface area (Å²) < 4.78 is 1.80. The maximum Gasteiger partial charge on any atom is 0.244 e. The van der Waals surface area contributed by atoms with Crippen molar-refractivity contribution in [3.8, 4) is 0 Å². The summed E-state index contributed by atoms with van der Waals surface area (Å²) >= 11 is 6.36. The van der Waals surface area contributed by atoms with E-state index in [9.17, 15) is 4.79 Å². The average molecular weight is 346 g/mol. The van der Waals surface area contributed by atoms with Gasteiger partial charge in [0.05, 0.1) is 5.69 Å². The summed E-state index contributed by atoms with van der Waals surface area (Å²) in [5.41, 5.74) is 3.91. The number of unbranched alkanes of at least 4 members (excludes halogenated alkanes) is 1. The molecule has 1 amide bonds. The number of aromatic nitrogens is 2. The van der Waals surface area contributed by atoms with Crippen molar-refractivity contribution in [1.82, 2.24) is 15.1 Å². The van der Waals surface area contributed by atoms with Crippen molar-refractivity contribution in [3.63, 3.8) is 0 Å². The van der Waals surface area contributed by atoms with E-state index in [1.807, 2.05) is 38.1 Å². The van der Waals surface area contributed by atoms with E-state index in [1.165, 1.54) is 6.08 Å². The van der Waals surface area contributed by atoms with Crippen molar-refractivity contribution in [2.75, 3.05) is 0 Å². The lowest BCUT2D eigenvalue weighted by Gasteiger charge is -2.05. The van der Waals surface area contributed by atoms with E-state index in [0.29, 0.717) is 11.7 Å². The number of aryl methyl sites for hydroxylation is 3. The van der Waals surface area contributed by atoms with Gasteiger partial charge in [-0.15, -0.1) is 0 Å². The lowest BCUT2D eigenvalue weighted by molar-refractivity contribution is -0.116. The third-order valence-electron chi connectivity index (χ3n) is 3.95. The molecular weight excluding hydrogens is 322 g/mol. The van der Waals surface area contributed by atoms with Crippen LogP contribution in [0.5, 0.6) is 0 Å². The quantitative estimate of drug-likeness (QED) is 0.761. The fourth-order valence-electron chi connectivity index (χ4n) is 2.42. The number of amides is 1. The lowest BCUT2D eigenvalue weighted by Crippen LogP contribution is -2.20. The minimum atomic E-state index is -0.143. The summed E-state index contributed by atoms with van der Waals surface area (Å²) in [5.74, 6) is -0.143. The molecule has 0 aliphatic heterocycles. The number of carbonyl (C=O) groups is 1. The molecule has 1 aromatic carbocycles. The van der Waals surface area contributed by atoms with Gasteiger partial charge in [-0.05, 0) is 37.5 Å². The van der Waals surface area contributed by atoms with Gasteiger partial charge in [0.1, 0.15) is 5.15 Å². The van der Waals surface area contributed by atoms with Crippen molar-refractivity contribution in [3.05, 3.63) is 57.9 Å². The van der Waals surface area contributed by atoms with Crippen LogP contribution in [-0.2, 0) is 17.9 Å². The van der Waals surface area contributed by atoms with Gasteiger partial charge in [-0.1, -0.05) is 49.2 Å². The van der Waals surface area contributed by atoms with Gasteiger partial charge in [-0.3, -0.25) is 9.48 Å². The van der Waals surface area contributed by atoms with Crippen LogP contribution in [0, 0.1) is 13.8 Å². The van der Waals surface area contributed by atoms with Gasteiger partial charge in [-0.2, -0.15) is 5.10 Å². The van der Waals surface area contributed by atoms with Crippen molar-refractivity contribution in [2.45, 2.75) is 46.7 Å². The number of rotatable bonds is 7. The summed E-state index contributed by atoms with van der Waals surface area (Å²) in [6.45, 7) is 7.37. The van der Waals surface area contributed by atoms with Gasteiger partial charge >= 0.3 is 0 Å². The molecule has 0 unspecified atom stereocenters. The monoisotopic (exact) mass is 345 g/mol. The van der Waals surface area contributed by atoms with Crippen LogP contribution in [0.2, 0.25) is 5.15 Å². The second-order valence-corrected chi connectivity index (χ2v) is 6.20. The van der Waals surface area contributed by atoms with Crippen LogP contribution in [0.3, 0.4) is 0 Å². The molecule has 24 heavy (non-hydrogen) atoms. The second kappa shape index (κ2) is 8.69. The molecule has 5 heteroatoms. The highest BCUT2D eigenvalue weighted by Gasteiger charge is 2.11. The normalized spacial score (nSPS) is 11.2. The van der Waals surface area contributed by atoms with Gasteiger partial charge in [0, 0.05) is 24.7 Å². The number of halogens is 1. The molecular formula is C19H24ClN3O. The highest BCUT2D eigenvalue weighted by atomic mass is 35.5. The smallest absolute Gasteiger partial charge is 0.244 e. The highest BCUT2D eigenvalue weighted by molar-refractivity contribution is 6.31. The molecule has 4 nitrogen and oxygen atoms in total. The number of benzene rings is 1. The maximum absolute atomic E-state index is 12.0. The fourth-order valence-corrected chi connectivity index (χ4v) is 2.74. The molecule has 128 valence electrons. The zero-order valence-electron chi connectivity index (χ0n) is 14.5. The van der Waals surface area contributed by atoms with Crippen molar-refractivity contribution in [2.24, 2.45) is 0 Å². The standard InChI is InChI=1S/C19H24ClN3O/c1-4-5-12-23-19(20)17(15(3)22-23)10-11-18(24)21-13-16-9-7-6-8-14(16)2/h6-11H,4-5,12-13H2,1-3H3,(H,21,24)/b11-10+. The van der Waals surface area contributed by atoms with E-state index in [4.69, 9.17) is 11.6 Å². The minimum Gasteiger partial charge on any atom is -0.348 e. The number of hydrogen-bond acceptors (Lipinski definition) is 2. The van der Waals surface area contributed by atoms with Gasteiger partial charge in [0.25, 0.3) is 0 Å². The number of hydrogen-bond donors (Lipinski definition) is 1. The Hall–Kier alpha value is -2.07. The first-order valence-electron chi connectivity index (χ1n) is 8.26. The fraction of sp³-hybridized carbons (Fsp3) is 0.368. The molecule has 1 N–H and O–H groups in total. The summed E-state index contributed by atoms with van der Waals surface area (Å²) in [6.07, 6.45) is 5.36. The predicted octanol–water partition coefficient (Wildman–Crippen LogP) is 4.28. The molecule has 0 aliphatic carbocycles. The van der Waals surface area contributed by atoms with E-state index < -0.39 is 0 Å². The first-order valence-corrected chi connectivity index (χ1v) is 8.64. The first-order chi connectivity index (χ1) is 11.5. The van der Waals surface area contributed by atoms with Crippen LogP contribution >= 0.6 is 11.6 Å². The zero-order valence-corrected chi connectivity index (χ0v) is 15.2. The lowest BCUT2D eigenvalue weighted by atomic mass is 10.1. The third-order valence-corrected chi connectivity index (χ3v) is 4.35. The molecule has 0 aliphatic rings. The molecule has 0 bridgehead atoms. The van der Waals surface area contributed by atoms with E-state index in [2.05, 4.69) is 17.3 Å². The third kappa shape index (κ3) is 4.71. The predicted molar refractivity (Wildman–Crippen MR) is 98.9 cm³/mol. The Morgan fingerprint density at radius 3 is 2.79 bits per heavy atom. The molecule has 0 radical (unpaired) electrons. The SMILES string of the molecule is CCCCn1nc(C)c(/C=C/C(=O)NCc2ccccc2C)c1Cl. The summed E-state index contributed by atoms with van der Waals surface area (Å²) in [5, 5.41) is 7.91. The van der Waals surface area contributed by atoms with Crippen LogP contribution in [0.15, 0.2) is 30.3 Å². The summed E-state index contributed by atoms with van der Waals surface area (Å²) in [4.78, 5) is 12.0. The molecule has 0 spiro atoms. The number of nitrogens with one attached hydrogen (secondary N) is 1. The maximum atomic E-state index is 12.0. The Morgan fingerprint density at radius 2 is 2.08 bits per heavy atom. The van der Waals surface area contributed by atoms with E-state index in [-0.39, 0.29) is 5.91 Å². The molecule has 2 aromatic rings. The van der Waals surface area contributed by atoms with Crippen molar-refractivity contribution < 1.29 is 4.79 Å². The Kier molecular flexibility index (Phi) is 6.62. The van der Waals surface area contributed by atoms with Crippen LogP contribution in [-0.4, -0.2) is 15.7 Å². The highest BCUT2D eigenvalue weighted by Crippen LogP contribution is 2.21. The van der Waals surface area contributed by atoms with Crippen LogP contribution in [0.25, 0.3) is 6.08 Å². The molecule has 2 rings (SSSR count). The van der Waals surface area contributed by atoms with Gasteiger partial charge in [-0.25, -0.2) is 0 Å². The molecule has 1 aromatic heterocycles. The summed E-state index contributed by atoms with van der Waals surface area (Å²) in [7, 11) is 0. The Labute approximate surface area is 148 Å². The van der Waals surface area contributed by atoms with E-state index in [1.54, 1.807) is 10.8 Å². The summed E-state index contributed by atoms with van der Waals surface area (Å²) in [6, 6.07) is 8.00. The van der Waals surface area contributed by atoms with Gasteiger partial charge in [0.2, 0.25) is 5.91 Å². The van der Waals surface area contributed by atoms with Gasteiger partial charge in [0.15, 0.2) is 0 Å². The minimum absolute atomic E-state index is 0.143. The van der Waals surface area contributed by atoms with Crippen LogP contribution in [0.4, 0.5) is 0 Å². The first kappa shape index (κ1) is 18.3. The second-order valence-electron chi connectivity index (χ2n) is 5.84. The Bertz CT molecular complexity index is 734. The largest absolute Gasteiger partial charge is 0.348 e. The van der Waals surface area contributed by atoms with E-state index in [0.717, 1.165) is 41.8 Å². The molecule has 1 heterocycles. The molecule has 0 fully saturated rings. The molecule has 0 atom stereocenters. The van der Waals surface area contributed by atoms with Crippen LogP contribution in [0.1, 0.15) is 42.1 Å². The van der Waals surface area contributed by atoms with E-state index >= 15 is 0 Å². The molecule has 0 saturated carbocycles. The Morgan fingerprint density at radius 1 is 1.33 bits per heavy atom.